The van der Waals surface area contributed by atoms with Gasteiger partial charge in [0.25, 0.3) is 10.0 Å². The Balaban J connectivity index is 3.40. The molecule has 0 radical (unpaired) electrons. The van der Waals surface area contributed by atoms with Crippen LogP contribution in [0.25, 0.3) is 0 Å². The average Bonchev–Trinajstić information content (AvgIpc) is 2.16. The Morgan fingerprint density at radius 3 is 2.25 bits per heavy atom. The van der Waals surface area contributed by atoms with Crippen molar-refractivity contribution >= 4 is 10.0 Å². The summed E-state index contributed by atoms with van der Waals surface area (Å²) in [5.41, 5.74) is -1.66. The number of nitrogens with one attached hydrogen (secondary N) is 1. The number of sulfonamides is 1. The van der Waals surface area contributed by atoms with Crippen LogP contribution in [0.4, 0.5) is 17.6 Å². The van der Waals surface area contributed by atoms with Crippen LogP contribution < -0.4 is 10.7 Å². The van der Waals surface area contributed by atoms with Gasteiger partial charge in [0.1, 0.15) is 5.82 Å². The number of rotatable bonds is 2. The van der Waals surface area contributed by atoms with E-state index in [-0.39, 0.29) is 6.07 Å². The molecule has 0 aliphatic carbocycles. The van der Waals surface area contributed by atoms with Crippen LogP contribution in [0.5, 0.6) is 0 Å². The SMILES string of the molecule is NNS(=O)(=O)c1ccc(F)c(C(F)(F)F)c1. The first-order valence-corrected chi connectivity index (χ1v) is 5.26. The second-order valence-corrected chi connectivity index (χ2v) is 4.47. The average molecular weight is 258 g/mol. The maximum atomic E-state index is 12.8. The van der Waals surface area contributed by atoms with Crippen molar-refractivity contribution in [2.75, 3.05) is 0 Å². The van der Waals surface area contributed by atoms with Gasteiger partial charge < -0.3 is 0 Å². The third-order valence-electron chi connectivity index (χ3n) is 1.71. The first-order chi connectivity index (χ1) is 7.18. The summed E-state index contributed by atoms with van der Waals surface area (Å²) in [7, 11) is -4.24. The molecule has 0 unspecified atom stereocenters. The fourth-order valence-electron chi connectivity index (χ4n) is 0.957. The largest absolute Gasteiger partial charge is 0.419 e. The number of alkyl halides is 3. The predicted octanol–water partition coefficient (Wildman–Crippen LogP) is 0.997. The summed E-state index contributed by atoms with van der Waals surface area (Å²) in [5, 5.41) is 0. The second-order valence-electron chi connectivity index (χ2n) is 2.76. The standard InChI is InChI=1S/C7H6F4N2O2S/c8-6-2-1-4(16(14,15)13-12)3-5(6)7(9,10)11/h1-3,13H,12H2. The van der Waals surface area contributed by atoms with Crippen molar-refractivity contribution in [2.24, 2.45) is 5.84 Å². The third kappa shape index (κ3) is 2.49. The van der Waals surface area contributed by atoms with Crippen LogP contribution in [0.15, 0.2) is 23.1 Å². The molecule has 4 nitrogen and oxygen atoms in total. The van der Waals surface area contributed by atoms with Crippen LogP contribution in [0, 0.1) is 5.82 Å². The lowest BCUT2D eigenvalue weighted by atomic mass is 10.2. The molecular formula is C7H6F4N2O2S. The van der Waals surface area contributed by atoms with E-state index in [4.69, 9.17) is 0 Å². The molecule has 0 saturated carbocycles. The Labute approximate surface area is 88.1 Å². The first-order valence-electron chi connectivity index (χ1n) is 3.77. The second kappa shape index (κ2) is 4.00. The zero-order valence-electron chi connectivity index (χ0n) is 7.55. The molecule has 0 spiro atoms. The van der Waals surface area contributed by atoms with Crippen molar-refractivity contribution in [3.8, 4) is 0 Å². The molecular weight excluding hydrogens is 252 g/mol. The van der Waals surface area contributed by atoms with Gasteiger partial charge in [0.05, 0.1) is 10.5 Å². The molecule has 16 heavy (non-hydrogen) atoms. The van der Waals surface area contributed by atoms with E-state index in [9.17, 15) is 26.0 Å². The number of hydrogen-bond acceptors (Lipinski definition) is 3. The van der Waals surface area contributed by atoms with Crippen molar-refractivity contribution < 1.29 is 26.0 Å². The summed E-state index contributed by atoms with van der Waals surface area (Å²) in [5.74, 6) is 3.07. The third-order valence-corrected chi connectivity index (χ3v) is 2.89. The van der Waals surface area contributed by atoms with Crippen LogP contribution in [-0.4, -0.2) is 8.42 Å². The number of benzene rings is 1. The fourth-order valence-corrected chi connectivity index (χ4v) is 1.61. The van der Waals surface area contributed by atoms with E-state index in [0.29, 0.717) is 12.1 Å². The lowest BCUT2D eigenvalue weighted by molar-refractivity contribution is -0.140. The minimum Gasteiger partial charge on any atom is -0.257 e. The Hall–Kier alpha value is -1.19. The van der Waals surface area contributed by atoms with Gasteiger partial charge in [-0.3, -0.25) is 5.84 Å². The van der Waals surface area contributed by atoms with Gasteiger partial charge in [-0.2, -0.15) is 18.0 Å². The molecule has 0 saturated heterocycles. The smallest absolute Gasteiger partial charge is 0.257 e. The topological polar surface area (TPSA) is 72.2 Å². The Morgan fingerprint density at radius 2 is 1.81 bits per heavy atom. The molecule has 1 rings (SSSR count). The maximum Gasteiger partial charge on any atom is 0.419 e. The van der Waals surface area contributed by atoms with Gasteiger partial charge in [-0.25, -0.2) is 12.8 Å². The summed E-state index contributed by atoms with van der Waals surface area (Å²) in [6.45, 7) is 0. The molecule has 1 aromatic carbocycles. The van der Waals surface area contributed by atoms with E-state index in [1.54, 1.807) is 0 Å². The molecule has 3 N–H and O–H groups in total. The Kier molecular flexibility index (Phi) is 3.22. The molecule has 0 aromatic heterocycles. The lowest BCUT2D eigenvalue weighted by Gasteiger charge is -2.09. The van der Waals surface area contributed by atoms with Crippen LogP contribution in [0.2, 0.25) is 0 Å². The number of hydrogen-bond donors (Lipinski definition) is 2. The predicted molar refractivity (Wildman–Crippen MR) is 45.9 cm³/mol. The molecule has 0 atom stereocenters. The van der Waals surface area contributed by atoms with Crippen molar-refractivity contribution in [1.29, 1.82) is 0 Å². The summed E-state index contributed by atoms with van der Waals surface area (Å²) < 4.78 is 71.6. The minimum absolute atomic E-state index is 0.171. The highest BCUT2D eigenvalue weighted by Gasteiger charge is 2.35. The molecule has 0 aliphatic rings. The minimum atomic E-state index is -4.97. The monoisotopic (exact) mass is 258 g/mol. The summed E-state index contributed by atoms with van der Waals surface area (Å²) >= 11 is 0. The normalized spacial score (nSPS) is 12.8. The van der Waals surface area contributed by atoms with Crippen molar-refractivity contribution in [2.45, 2.75) is 11.1 Å². The first kappa shape index (κ1) is 12.9. The van der Waals surface area contributed by atoms with E-state index in [2.05, 4.69) is 5.84 Å². The molecule has 0 bridgehead atoms. The van der Waals surface area contributed by atoms with Crippen LogP contribution in [-0.2, 0) is 16.2 Å². The highest BCUT2D eigenvalue weighted by molar-refractivity contribution is 7.89. The van der Waals surface area contributed by atoms with E-state index in [1.807, 2.05) is 0 Å². The van der Waals surface area contributed by atoms with Crippen molar-refractivity contribution in [1.82, 2.24) is 4.83 Å². The van der Waals surface area contributed by atoms with Gasteiger partial charge in [0.15, 0.2) is 0 Å². The van der Waals surface area contributed by atoms with E-state index in [1.165, 1.54) is 4.83 Å². The van der Waals surface area contributed by atoms with Crippen LogP contribution in [0.3, 0.4) is 0 Å². The van der Waals surface area contributed by atoms with Gasteiger partial charge in [0.2, 0.25) is 0 Å². The summed E-state index contributed by atoms with van der Waals surface area (Å²) in [6, 6.07) is 1.26. The highest BCUT2D eigenvalue weighted by Crippen LogP contribution is 2.32. The fraction of sp³-hybridized carbons (Fsp3) is 0.143. The van der Waals surface area contributed by atoms with Gasteiger partial charge >= 0.3 is 6.18 Å². The quantitative estimate of drug-likeness (QED) is 0.472. The van der Waals surface area contributed by atoms with E-state index >= 15 is 0 Å². The molecule has 0 amide bonds. The van der Waals surface area contributed by atoms with Crippen molar-refractivity contribution in [3.63, 3.8) is 0 Å². The molecule has 1 aromatic rings. The van der Waals surface area contributed by atoms with Gasteiger partial charge in [0, 0.05) is 0 Å². The Morgan fingerprint density at radius 1 is 1.25 bits per heavy atom. The maximum absolute atomic E-state index is 12.8. The van der Waals surface area contributed by atoms with Gasteiger partial charge in [-0.05, 0) is 18.2 Å². The number of halogens is 4. The summed E-state index contributed by atoms with van der Waals surface area (Å²) in [4.78, 5) is 0.578. The molecule has 0 fully saturated rings. The summed E-state index contributed by atoms with van der Waals surface area (Å²) in [6.07, 6.45) is -4.97. The molecule has 0 heterocycles. The van der Waals surface area contributed by atoms with Crippen LogP contribution in [0.1, 0.15) is 5.56 Å². The zero-order chi connectivity index (χ0) is 12.6. The Bertz CT molecular complexity index is 498. The number of hydrazine groups is 1. The van der Waals surface area contributed by atoms with Crippen LogP contribution >= 0.6 is 0 Å². The molecule has 90 valence electrons. The van der Waals surface area contributed by atoms with E-state index in [0.717, 1.165) is 0 Å². The lowest BCUT2D eigenvalue weighted by Crippen LogP contribution is -2.30. The highest BCUT2D eigenvalue weighted by atomic mass is 32.2. The zero-order valence-corrected chi connectivity index (χ0v) is 8.36. The number of nitrogens with two attached hydrogens (primary N) is 1. The van der Waals surface area contributed by atoms with Crippen molar-refractivity contribution in [3.05, 3.63) is 29.6 Å². The van der Waals surface area contributed by atoms with Gasteiger partial charge in [-0.1, -0.05) is 0 Å². The molecule has 9 heteroatoms. The molecule has 0 aliphatic heterocycles. The van der Waals surface area contributed by atoms with E-state index < -0.39 is 32.5 Å². The van der Waals surface area contributed by atoms with Gasteiger partial charge in [-0.15, -0.1) is 0 Å².